The van der Waals surface area contributed by atoms with Gasteiger partial charge in [0.2, 0.25) is 22.7 Å². The lowest BCUT2D eigenvalue weighted by molar-refractivity contribution is 0.391. The van der Waals surface area contributed by atoms with Crippen LogP contribution in [0, 0.1) is 0 Å². The van der Waals surface area contributed by atoms with Crippen LogP contribution in [-0.2, 0) is 5.75 Å². The van der Waals surface area contributed by atoms with Crippen LogP contribution in [0.3, 0.4) is 0 Å². The zero-order chi connectivity index (χ0) is 17.2. The highest BCUT2D eigenvalue weighted by Crippen LogP contribution is 2.25. The van der Waals surface area contributed by atoms with Crippen LogP contribution >= 0.6 is 23.4 Å². The summed E-state index contributed by atoms with van der Waals surface area (Å²) in [6.45, 7) is 0. The van der Waals surface area contributed by atoms with E-state index >= 15 is 0 Å². The molecular formula is C15H11ClN6O2S. The Morgan fingerprint density at radius 3 is 2.76 bits per heavy atom. The summed E-state index contributed by atoms with van der Waals surface area (Å²) in [4.78, 5) is 4.35. The van der Waals surface area contributed by atoms with Crippen molar-refractivity contribution in [3.05, 3.63) is 53.6 Å². The van der Waals surface area contributed by atoms with Crippen LogP contribution in [0.5, 0.6) is 0 Å². The number of furan rings is 1. The second kappa shape index (κ2) is 6.61. The average Bonchev–Trinajstić information content (AvgIpc) is 3.34. The van der Waals surface area contributed by atoms with Crippen LogP contribution in [0.4, 0.5) is 0 Å². The van der Waals surface area contributed by atoms with Crippen LogP contribution in [-0.4, -0.2) is 25.0 Å². The van der Waals surface area contributed by atoms with Gasteiger partial charge in [0.05, 0.1) is 12.0 Å². The molecule has 0 amide bonds. The van der Waals surface area contributed by atoms with Crippen LogP contribution in [0.1, 0.15) is 5.89 Å². The van der Waals surface area contributed by atoms with E-state index in [2.05, 4.69) is 20.3 Å². The van der Waals surface area contributed by atoms with Crippen molar-refractivity contribution >= 4 is 23.4 Å². The summed E-state index contributed by atoms with van der Waals surface area (Å²) in [5.41, 5.74) is 0.825. The minimum absolute atomic E-state index is 0.411. The van der Waals surface area contributed by atoms with Gasteiger partial charge in [0.1, 0.15) is 0 Å². The third-order valence-electron chi connectivity index (χ3n) is 3.30. The smallest absolute Gasteiger partial charge is 0.237 e. The summed E-state index contributed by atoms with van der Waals surface area (Å²) in [6.07, 6.45) is 1.55. The fraction of sp³-hybridized carbons (Fsp3) is 0.0667. The van der Waals surface area contributed by atoms with E-state index < -0.39 is 0 Å². The molecule has 25 heavy (non-hydrogen) atoms. The quantitative estimate of drug-likeness (QED) is 0.419. The fourth-order valence-electron chi connectivity index (χ4n) is 2.11. The van der Waals surface area contributed by atoms with Gasteiger partial charge in [-0.2, -0.15) is 4.98 Å². The third kappa shape index (κ3) is 3.24. The zero-order valence-electron chi connectivity index (χ0n) is 12.7. The van der Waals surface area contributed by atoms with E-state index in [1.54, 1.807) is 30.5 Å². The molecule has 0 aliphatic rings. The Hall–Kier alpha value is -2.78. The van der Waals surface area contributed by atoms with Crippen molar-refractivity contribution in [2.24, 2.45) is 0 Å². The van der Waals surface area contributed by atoms with E-state index in [0.717, 1.165) is 5.56 Å². The van der Waals surface area contributed by atoms with E-state index in [4.69, 9.17) is 26.4 Å². The summed E-state index contributed by atoms with van der Waals surface area (Å²) in [5, 5.41) is 13.2. The summed E-state index contributed by atoms with van der Waals surface area (Å²) in [6, 6.07) is 10.7. The number of nitrogens with zero attached hydrogens (tertiary/aromatic N) is 5. The molecule has 0 radical (unpaired) electrons. The summed E-state index contributed by atoms with van der Waals surface area (Å²) in [7, 11) is 0. The molecule has 1 aromatic carbocycles. The van der Waals surface area contributed by atoms with Crippen molar-refractivity contribution in [1.82, 2.24) is 25.0 Å². The molecule has 0 bridgehead atoms. The predicted molar refractivity (Wildman–Crippen MR) is 92.2 cm³/mol. The van der Waals surface area contributed by atoms with Crippen molar-refractivity contribution in [2.75, 3.05) is 5.84 Å². The third-order valence-corrected chi connectivity index (χ3v) is 4.48. The molecule has 2 N–H and O–H groups in total. The first-order valence-corrected chi connectivity index (χ1v) is 8.53. The van der Waals surface area contributed by atoms with E-state index in [0.29, 0.717) is 39.2 Å². The number of nitrogen functional groups attached to an aromatic ring is 1. The average molecular weight is 375 g/mol. The number of hydrogen-bond acceptors (Lipinski definition) is 8. The Balaban J connectivity index is 1.46. The molecule has 0 saturated carbocycles. The van der Waals surface area contributed by atoms with Crippen LogP contribution in [0.2, 0.25) is 5.02 Å². The van der Waals surface area contributed by atoms with Crippen LogP contribution in [0.25, 0.3) is 23.0 Å². The molecule has 0 aliphatic heterocycles. The van der Waals surface area contributed by atoms with Crippen molar-refractivity contribution < 1.29 is 8.94 Å². The first-order valence-electron chi connectivity index (χ1n) is 7.16. The molecular weight excluding hydrogens is 364 g/mol. The molecule has 0 aliphatic carbocycles. The molecule has 0 saturated heterocycles. The molecule has 0 atom stereocenters. The molecule has 3 aromatic heterocycles. The Labute approximate surface area is 151 Å². The lowest BCUT2D eigenvalue weighted by atomic mass is 10.2. The maximum absolute atomic E-state index is 6.00. The van der Waals surface area contributed by atoms with Gasteiger partial charge in [-0.15, -0.1) is 10.2 Å². The Morgan fingerprint density at radius 1 is 1.16 bits per heavy atom. The number of thioether (sulfide) groups is 1. The molecule has 0 spiro atoms. The second-order valence-corrected chi connectivity index (χ2v) is 6.34. The summed E-state index contributed by atoms with van der Waals surface area (Å²) < 4.78 is 11.9. The molecule has 0 unspecified atom stereocenters. The molecule has 0 fully saturated rings. The number of halogens is 1. The first kappa shape index (κ1) is 15.7. The van der Waals surface area contributed by atoms with Gasteiger partial charge in [0.15, 0.2) is 5.76 Å². The number of hydrogen-bond donors (Lipinski definition) is 1. The van der Waals surface area contributed by atoms with Gasteiger partial charge >= 0.3 is 0 Å². The zero-order valence-corrected chi connectivity index (χ0v) is 14.2. The highest BCUT2D eigenvalue weighted by atomic mass is 35.5. The number of rotatable bonds is 5. The Morgan fingerprint density at radius 2 is 2.00 bits per heavy atom. The molecule has 126 valence electrons. The van der Waals surface area contributed by atoms with Crippen molar-refractivity contribution in [2.45, 2.75) is 10.9 Å². The molecule has 10 heteroatoms. The molecule has 4 rings (SSSR count). The molecule has 4 aromatic rings. The maximum Gasteiger partial charge on any atom is 0.237 e. The van der Waals surface area contributed by atoms with E-state index in [1.165, 1.54) is 16.4 Å². The highest BCUT2D eigenvalue weighted by molar-refractivity contribution is 7.98. The van der Waals surface area contributed by atoms with Crippen molar-refractivity contribution in [1.29, 1.82) is 0 Å². The van der Waals surface area contributed by atoms with E-state index in [1.807, 2.05) is 12.1 Å². The van der Waals surface area contributed by atoms with Crippen molar-refractivity contribution in [3.63, 3.8) is 0 Å². The van der Waals surface area contributed by atoms with Gasteiger partial charge < -0.3 is 14.8 Å². The fourth-order valence-corrected chi connectivity index (χ4v) is 2.93. The minimum atomic E-state index is 0.411. The highest BCUT2D eigenvalue weighted by Gasteiger charge is 2.16. The monoisotopic (exact) mass is 374 g/mol. The van der Waals surface area contributed by atoms with Gasteiger partial charge in [-0.25, -0.2) is 4.68 Å². The Kier molecular flexibility index (Phi) is 4.16. The number of aromatic nitrogens is 5. The van der Waals surface area contributed by atoms with Gasteiger partial charge in [-0.05, 0) is 36.4 Å². The maximum atomic E-state index is 6.00. The topological polar surface area (TPSA) is 109 Å². The molecule has 3 heterocycles. The number of nitrogens with two attached hydrogens (primary N) is 1. The summed E-state index contributed by atoms with van der Waals surface area (Å²) >= 11 is 7.21. The van der Waals surface area contributed by atoms with Gasteiger partial charge in [-0.3, -0.25) is 0 Å². The lowest BCUT2D eigenvalue weighted by Crippen LogP contribution is -2.11. The normalized spacial score (nSPS) is 11.1. The van der Waals surface area contributed by atoms with Crippen LogP contribution in [0.15, 0.2) is 56.8 Å². The summed E-state index contributed by atoms with van der Waals surface area (Å²) in [5.74, 6) is 8.36. The van der Waals surface area contributed by atoms with Gasteiger partial charge in [0, 0.05) is 10.6 Å². The van der Waals surface area contributed by atoms with Crippen LogP contribution < -0.4 is 5.84 Å². The van der Waals surface area contributed by atoms with Gasteiger partial charge in [-0.1, -0.05) is 28.5 Å². The SMILES string of the molecule is Nn1c(SCc2nc(-c3ccc(Cl)cc3)no2)nnc1-c1ccco1. The lowest BCUT2D eigenvalue weighted by Gasteiger charge is -1.99. The predicted octanol–water partition coefficient (Wildman–Crippen LogP) is 3.25. The molecule has 8 nitrogen and oxygen atoms in total. The Bertz CT molecular complexity index is 980. The number of benzene rings is 1. The van der Waals surface area contributed by atoms with Crippen molar-refractivity contribution in [3.8, 4) is 23.0 Å². The largest absolute Gasteiger partial charge is 0.461 e. The first-order chi connectivity index (χ1) is 12.2. The van der Waals surface area contributed by atoms with Gasteiger partial charge in [0.25, 0.3) is 0 Å². The standard InChI is InChI=1S/C15H11ClN6O2S/c16-10-5-3-9(4-6-10)13-18-12(24-21-13)8-25-15-20-19-14(22(15)17)11-2-1-7-23-11/h1-7H,8,17H2. The second-order valence-electron chi connectivity index (χ2n) is 4.96. The van der Waals surface area contributed by atoms with E-state index in [-0.39, 0.29) is 0 Å². The van der Waals surface area contributed by atoms with E-state index in [9.17, 15) is 0 Å². The minimum Gasteiger partial charge on any atom is -0.461 e.